The van der Waals surface area contributed by atoms with Crippen LogP contribution in [-0.2, 0) is 23.1 Å². The molecule has 0 saturated heterocycles. The van der Waals surface area contributed by atoms with E-state index in [4.69, 9.17) is 9.84 Å². The fraction of sp³-hybridized carbons (Fsp3) is 0.136. The Balaban J connectivity index is 1.50. The van der Waals surface area contributed by atoms with Crippen molar-refractivity contribution in [3.8, 4) is 5.75 Å². The number of benzene rings is 3. The maximum absolute atomic E-state index is 12.3. The third-order valence-corrected chi connectivity index (χ3v) is 5.77. The van der Waals surface area contributed by atoms with E-state index in [-0.39, 0.29) is 17.0 Å². The third kappa shape index (κ3) is 5.91. The van der Waals surface area contributed by atoms with Crippen molar-refractivity contribution >= 4 is 16.0 Å². The number of carboxylic acid groups (broad SMARTS) is 1. The largest absolute Gasteiger partial charge is 0.489 e. The van der Waals surface area contributed by atoms with E-state index in [1.54, 1.807) is 0 Å². The highest BCUT2D eigenvalue weighted by Crippen LogP contribution is 2.15. The van der Waals surface area contributed by atoms with Crippen LogP contribution < -0.4 is 9.46 Å². The molecule has 0 atom stereocenters. The Morgan fingerprint density at radius 2 is 1.52 bits per heavy atom. The SMILES string of the molecule is O=C(O)c1ccc(S(=O)(=O)NCCc2ccc(OCc3ccccc3)cc2)cc1. The van der Waals surface area contributed by atoms with Gasteiger partial charge in [-0.05, 0) is 53.9 Å². The van der Waals surface area contributed by atoms with E-state index in [1.807, 2.05) is 54.6 Å². The average Bonchev–Trinajstić information content (AvgIpc) is 2.74. The molecule has 0 saturated carbocycles. The lowest BCUT2D eigenvalue weighted by molar-refractivity contribution is 0.0696. The Bertz CT molecular complexity index is 1050. The zero-order valence-corrected chi connectivity index (χ0v) is 16.4. The summed E-state index contributed by atoms with van der Waals surface area (Å²) in [4.78, 5) is 10.9. The lowest BCUT2D eigenvalue weighted by atomic mass is 10.1. The number of rotatable bonds is 9. The first-order valence-electron chi connectivity index (χ1n) is 9.03. The first kappa shape index (κ1) is 20.6. The molecule has 0 fully saturated rings. The van der Waals surface area contributed by atoms with E-state index in [1.165, 1.54) is 24.3 Å². The molecule has 2 N–H and O–H groups in total. The highest BCUT2D eigenvalue weighted by atomic mass is 32.2. The van der Waals surface area contributed by atoms with Crippen molar-refractivity contribution in [3.63, 3.8) is 0 Å². The lowest BCUT2D eigenvalue weighted by Gasteiger charge is -2.09. The van der Waals surface area contributed by atoms with Crippen molar-refractivity contribution in [3.05, 3.63) is 95.6 Å². The van der Waals surface area contributed by atoms with Gasteiger partial charge in [0.2, 0.25) is 10.0 Å². The Labute approximate surface area is 169 Å². The van der Waals surface area contributed by atoms with Gasteiger partial charge in [-0.3, -0.25) is 0 Å². The second-order valence-electron chi connectivity index (χ2n) is 6.40. The Morgan fingerprint density at radius 3 is 2.14 bits per heavy atom. The Morgan fingerprint density at radius 1 is 0.862 bits per heavy atom. The fourth-order valence-electron chi connectivity index (χ4n) is 2.68. The molecule has 0 aliphatic heterocycles. The molecule has 3 rings (SSSR count). The lowest BCUT2D eigenvalue weighted by Crippen LogP contribution is -2.26. The monoisotopic (exact) mass is 411 g/mol. The fourth-order valence-corrected chi connectivity index (χ4v) is 3.71. The molecule has 29 heavy (non-hydrogen) atoms. The van der Waals surface area contributed by atoms with Crippen LogP contribution in [0.1, 0.15) is 21.5 Å². The molecule has 3 aromatic carbocycles. The van der Waals surface area contributed by atoms with Crippen molar-refractivity contribution in [1.29, 1.82) is 0 Å². The number of nitrogens with one attached hydrogen (secondary N) is 1. The Hall–Kier alpha value is -3.16. The second-order valence-corrected chi connectivity index (χ2v) is 8.16. The van der Waals surface area contributed by atoms with Crippen LogP contribution in [0.15, 0.2) is 83.8 Å². The molecule has 0 unspecified atom stereocenters. The predicted octanol–water partition coefficient (Wildman–Crippen LogP) is 3.48. The zero-order valence-electron chi connectivity index (χ0n) is 15.6. The maximum atomic E-state index is 12.3. The van der Waals surface area contributed by atoms with Gasteiger partial charge in [-0.25, -0.2) is 17.9 Å². The van der Waals surface area contributed by atoms with E-state index >= 15 is 0 Å². The molecular weight excluding hydrogens is 390 g/mol. The molecule has 0 amide bonds. The molecule has 3 aromatic rings. The van der Waals surface area contributed by atoms with E-state index in [0.29, 0.717) is 13.0 Å². The van der Waals surface area contributed by atoms with E-state index in [0.717, 1.165) is 16.9 Å². The summed E-state index contributed by atoms with van der Waals surface area (Å²) in [5.74, 6) is -0.352. The summed E-state index contributed by atoms with van der Waals surface area (Å²) in [6.45, 7) is 0.716. The van der Waals surface area contributed by atoms with Gasteiger partial charge < -0.3 is 9.84 Å². The van der Waals surface area contributed by atoms with Gasteiger partial charge >= 0.3 is 5.97 Å². The first-order chi connectivity index (χ1) is 13.9. The second kappa shape index (κ2) is 9.36. The van der Waals surface area contributed by atoms with Crippen LogP contribution in [0, 0.1) is 0 Å². The number of aromatic carboxylic acids is 1. The van der Waals surface area contributed by atoms with Crippen LogP contribution in [0.4, 0.5) is 0 Å². The molecule has 0 radical (unpaired) electrons. The topological polar surface area (TPSA) is 92.7 Å². The van der Waals surface area contributed by atoms with Gasteiger partial charge in [0.1, 0.15) is 12.4 Å². The number of carbonyl (C=O) groups is 1. The molecule has 0 heterocycles. The standard InChI is InChI=1S/C22H21NO5S/c24-22(25)19-8-12-21(13-9-19)29(26,27)23-15-14-17-6-10-20(11-7-17)28-16-18-4-2-1-3-5-18/h1-13,23H,14-16H2,(H,24,25). The summed E-state index contributed by atoms with van der Waals surface area (Å²) in [6, 6.07) is 22.5. The first-order valence-corrected chi connectivity index (χ1v) is 10.5. The van der Waals surface area contributed by atoms with Crippen molar-refractivity contribution < 1.29 is 23.1 Å². The molecule has 7 heteroatoms. The summed E-state index contributed by atoms with van der Waals surface area (Å²) in [7, 11) is -3.69. The number of sulfonamides is 1. The molecule has 0 bridgehead atoms. The van der Waals surface area contributed by atoms with Crippen LogP contribution in [0.2, 0.25) is 0 Å². The number of ether oxygens (including phenoxy) is 1. The van der Waals surface area contributed by atoms with Gasteiger partial charge in [-0.1, -0.05) is 42.5 Å². The van der Waals surface area contributed by atoms with E-state index in [9.17, 15) is 13.2 Å². The molecule has 0 aliphatic carbocycles. The maximum Gasteiger partial charge on any atom is 0.335 e. The predicted molar refractivity (Wildman–Crippen MR) is 110 cm³/mol. The van der Waals surface area contributed by atoms with Crippen LogP contribution >= 0.6 is 0 Å². The number of carboxylic acids is 1. The van der Waals surface area contributed by atoms with Gasteiger partial charge in [-0.15, -0.1) is 0 Å². The summed E-state index contributed by atoms with van der Waals surface area (Å²) in [6.07, 6.45) is 0.519. The number of hydrogen-bond acceptors (Lipinski definition) is 4. The number of hydrogen-bond donors (Lipinski definition) is 2. The summed E-state index contributed by atoms with van der Waals surface area (Å²) < 4.78 is 32.9. The summed E-state index contributed by atoms with van der Waals surface area (Å²) in [5, 5.41) is 8.88. The smallest absolute Gasteiger partial charge is 0.335 e. The van der Waals surface area contributed by atoms with Crippen molar-refractivity contribution in [1.82, 2.24) is 4.72 Å². The quantitative estimate of drug-likeness (QED) is 0.562. The van der Waals surface area contributed by atoms with Crippen LogP contribution in [-0.4, -0.2) is 26.0 Å². The summed E-state index contributed by atoms with van der Waals surface area (Å²) in [5.41, 5.74) is 2.10. The van der Waals surface area contributed by atoms with Gasteiger partial charge in [0, 0.05) is 6.54 Å². The van der Waals surface area contributed by atoms with Crippen molar-refractivity contribution in [2.24, 2.45) is 0 Å². The van der Waals surface area contributed by atoms with Gasteiger partial charge in [0.15, 0.2) is 0 Å². The average molecular weight is 411 g/mol. The summed E-state index contributed by atoms with van der Waals surface area (Å²) >= 11 is 0. The molecular formula is C22H21NO5S. The van der Waals surface area contributed by atoms with Gasteiger partial charge in [0.05, 0.1) is 10.5 Å². The van der Waals surface area contributed by atoms with Crippen LogP contribution in [0.5, 0.6) is 5.75 Å². The minimum atomic E-state index is -3.69. The van der Waals surface area contributed by atoms with Gasteiger partial charge in [0.25, 0.3) is 0 Å². The van der Waals surface area contributed by atoms with Crippen LogP contribution in [0.3, 0.4) is 0 Å². The van der Waals surface area contributed by atoms with Crippen molar-refractivity contribution in [2.75, 3.05) is 6.54 Å². The minimum absolute atomic E-state index is 0.0344. The Kier molecular flexibility index (Phi) is 6.64. The highest BCUT2D eigenvalue weighted by Gasteiger charge is 2.14. The molecule has 0 aromatic heterocycles. The van der Waals surface area contributed by atoms with Crippen LogP contribution in [0.25, 0.3) is 0 Å². The van der Waals surface area contributed by atoms with E-state index < -0.39 is 16.0 Å². The highest BCUT2D eigenvalue weighted by molar-refractivity contribution is 7.89. The third-order valence-electron chi connectivity index (χ3n) is 4.29. The molecule has 0 spiro atoms. The normalized spacial score (nSPS) is 11.2. The molecule has 6 nitrogen and oxygen atoms in total. The van der Waals surface area contributed by atoms with Crippen molar-refractivity contribution in [2.45, 2.75) is 17.9 Å². The minimum Gasteiger partial charge on any atom is -0.489 e. The molecule has 150 valence electrons. The van der Waals surface area contributed by atoms with Gasteiger partial charge in [-0.2, -0.15) is 0 Å². The molecule has 0 aliphatic rings. The van der Waals surface area contributed by atoms with E-state index in [2.05, 4.69) is 4.72 Å². The zero-order chi connectivity index (χ0) is 20.7.